The molecule has 1 unspecified atom stereocenters. The zero-order valence-corrected chi connectivity index (χ0v) is 19.9. The van der Waals surface area contributed by atoms with E-state index in [0.29, 0.717) is 19.4 Å². The second kappa shape index (κ2) is 10.9. The van der Waals surface area contributed by atoms with Crippen molar-refractivity contribution in [2.24, 2.45) is 10.4 Å². The van der Waals surface area contributed by atoms with Gasteiger partial charge in [-0.05, 0) is 43.7 Å². The number of benzene rings is 2. The number of rotatable bonds is 9. The number of hydrogen-bond acceptors (Lipinski definition) is 7. The van der Waals surface area contributed by atoms with E-state index in [9.17, 15) is 19.7 Å². The molecule has 184 valence electrons. The first kappa shape index (κ1) is 24.7. The molecule has 2 fully saturated rings. The number of hydrogen-bond donors (Lipinski definition) is 0. The maximum atomic E-state index is 12.7. The van der Waals surface area contributed by atoms with Crippen LogP contribution in [0.25, 0.3) is 0 Å². The molecule has 0 radical (unpaired) electrons. The van der Waals surface area contributed by atoms with Crippen molar-refractivity contribution in [3.63, 3.8) is 0 Å². The number of non-ortho nitro benzene ring substituents is 1. The van der Waals surface area contributed by atoms with Crippen molar-refractivity contribution in [1.29, 1.82) is 0 Å². The second-order valence-corrected chi connectivity index (χ2v) is 9.15. The lowest BCUT2D eigenvalue weighted by Gasteiger charge is -2.46. The van der Waals surface area contributed by atoms with Crippen molar-refractivity contribution >= 4 is 23.2 Å². The Bertz CT molecular complexity index is 1090. The third-order valence-electron chi connectivity index (χ3n) is 6.98. The van der Waals surface area contributed by atoms with Crippen LogP contribution in [-0.4, -0.2) is 41.1 Å². The minimum atomic E-state index is -0.788. The van der Waals surface area contributed by atoms with Gasteiger partial charge in [0.2, 0.25) is 0 Å². The number of nitro groups is 1. The first-order valence-electron chi connectivity index (χ1n) is 12.1. The summed E-state index contributed by atoms with van der Waals surface area (Å²) in [5.41, 5.74) is 2.02. The van der Waals surface area contributed by atoms with Gasteiger partial charge in [-0.1, -0.05) is 42.5 Å². The summed E-state index contributed by atoms with van der Waals surface area (Å²) in [4.78, 5) is 40.6. The fourth-order valence-corrected chi connectivity index (χ4v) is 4.91. The van der Waals surface area contributed by atoms with E-state index >= 15 is 0 Å². The van der Waals surface area contributed by atoms with Crippen LogP contribution in [0.15, 0.2) is 59.6 Å². The molecule has 2 aromatic rings. The largest absolute Gasteiger partial charge is 0.464 e. The van der Waals surface area contributed by atoms with Crippen LogP contribution in [0.2, 0.25) is 0 Å². The molecule has 8 heteroatoms. The average Bonchev–Trinajstić information content (AvgIpc) is 2.88. The summed E-state index contributed by atoms with van der Waals surface area (Å²) in [5.74, 6) is -0.275. The molecular formula is C27H30N2O6. The Balaban J connectivity index is 1.43. The van der Waals surface area contributed by atoms with Gasteiger partial charge in [0.1, 0.15) is 5.78 Å². The third-order valence-corrected chi connectivity index (χ3v) is 6.98. The second-order valence-electron chi connectivity index (χ2n) is 9.15. The van der Waals surface area contributed by atoms with Crippen molar-refractivity contribution in [3.8, 4) is 0 Å². The summed E-state index contributed by atoms with van der Waals surface area (Å²) >= 11 is 0. The van der Waals surface area contributed by atoms with Crippen molar-refractivity contribution in [2.45, 2.75) is 64.2 Å². The molecular weight excluding hydrogens is 448 g/mol. The molecule has 0 aliphatic heterocycles. The van der Waals surface area contributed by atoms with E-state index in [2.05, 4.69) is 0 Å². The number of Topliss-reactive ketones (excluding diaryl/α,β-unsaturated/α-hetero) is 1. The lowest BCUT2D eigenvalue weighted by molar-refractivity contribution is -0.384. The van der Waals surface area contributed by atoms with Crippen LogP contribution in [0.1, 0.15) is 50.2 Å². The quantitative estimate of drug-likeness (QED) is 0.295. The molecule has 2 aromatic carbocycles. The molecule has 0 N–H and O–H groups in total. The highest BCUT2D eigenvalue weighted by molar-refractivity contribution is 6.27. The number of carbonyl (C=O) groups excluding carboxylic acids is 2. The Morgan fingerprint density at radius 1 is 1.11 bits per heavy atom. The molecule has 0 saturated heterocycles. The zero-order chi connectivity index (χ0) is 24.8. The zero-order valence-electron chi connectivity index (χ0n) is 19.9. The Morgan fingerprint density at radius 3 is 2.40 bits per heavy atom. The predicted octanol–water partition coefficient (Wildman–Crippen LogP) is 4.63. The number of carbonyl (C=O) groups is 2. The van der Waals surface area contributed by atoms with Gasteiger partial charge >= 0.3 is 5.97 Å². The summed E-state index contributed by atoms with van der Waals surface area (Å²) in [6.07, 6.45) is 3.47. The monoisotopic (exact) mass is 478 g/mol. The van der Waals surface area contributed by atoms with Gasteiger partial charge in [-0.25, -0.2) is 4.79 Å². The first-order valence-corrected chi connectivity index (χ1v) is 12.1. The molecule has 0 heterocycles. The number of ketones is 1. The average molecular weight is 479 g/mol. The van der Waals surface area contributed by atoms with Gasteiger partial charge in [0.05, 0.1) is 29.7 Å². The topological polar surface area (TPSA) is 108 Å². The van der Waals surface area contributed by atoms with Crippen molar-refractivity contribution in [1.82, 2.24) is 0 Å². The fourth-order valence-electron chi connectivity index (χ4n) is 4.91. The molecule has 1 spiro atoms. The van der Waals surface area contributed by atoms with Crippen LogP contribution in [0, 0.1) is 15.5 Å². The molecule has 0 aromatic heterocycles. The lowest BCUT2D eigenvalue weighted by Crippen LogP contribution is -2.54. The van der Waals surface area contributed by atoms with Gasteiger partial charge in [-0.15, -0.1) is 0 Å². The van der Waals surface area contributed by atoms with E-state index in [-0.39, 0.29) is 37.0 Å². The molecule has 35 heavy (non-hydrogen) atoms. The Morgan fingerprint density at radius 2 is 1.80 bits per heavy atom. The predicted molar refractivity (Wildman–Crippen MR) is 130 cm³/mol. The molecule has 2 saturated carbocycles. The first-order chi connectivity index (χ1) is 16.9. The normalized spacial score (nSPS) is 23.6. The minimum absolute atomic E-state index is 0.0115. The highest BCUT2D eigenvalue weighted by atomic mass is 16.6. The summed E-state index contributed by atoms with van der Waals surface area (Å²) in [7, 11) is 0. The fraction of sp³-hybridized carbons (Fsp3) is 0.444. The van der Waals surface area contributed by atoms with E-state index in [0.717, 1.165) is 29.7 Å². The molecule has 0 amide bonds. The number of aliphatic imine (C=N–C) groups is 1. The molecule has 2 aliphatic rings. The number of esters is 1. The van der Waals surface area contributed by atoms with Gasteiger partial charge in [-0.2, -0.15) is 0 Å². The molecule has 8 nitrogen and oxygen atoms in total. The molecule has 0 bridgehead atoms. The van der Waals surface area contributed by atoms with Crippen LogP contribution in [0.3, 0.4) is 0 Å². The van der Waals surface area contributed by atoms with Gasteiger partial charge in [0.15, 0.2) is 6.04 Å². The molecule has 4 rings (SSSR count). The van der Waals surface area contributed by atoms with Gasteiger partial charge in [-0.3, -0.25) is 19.9 Å². The van der Waals surface area contributed by atoms with Crippen molar-refractivity contribution in [3.05, 3.63) is 75.8 Å². The molecule has 1 atom stereocenters. The highest BCUT2D eigenvalue weighted by Gasteiger charge is 2.53. The lowest BCUT2D eigenvalue weighted by atomic mass is 9.57. The Hall–Kier alpha value is -3.39. The SMILES string of the molecule is CCOC(=O)C(Cc1ccc([N+](=O)[O-])cc1)N=C1CC(=O)C12CCC(OCc1ccccc1)CC2. The van der Waals surface area contributed by atoms with E-state index < -0.39 is 22.3 Å². The molecule has 2 aliphatic carbocycles. The van der Waals surface area contributed by atoms with Gasteiger partial charge in [0.25, 0.3) is 5.69 Å². The number of nitro benzene ring substituents is 1. The summed E-state index contributed by atoms with van der Waals surface area (Å²) in [6.45, 7) is 2.51. The van der Waals surface area contributed by atoms with Crippen LogP contribution >= 0.6 is 0 Å². The Kier molecular flexibility index (Phi) is 7.70. The van der Waals surface area contributed by atoms with Crippen molar-refractivity contribution < 1.29 is 24.0 Å². The standard InChI is InChI=1S/C27H30N2O6/c1-2-34-26(31)23(16-19-8-10-21(11-9-19)29(32)33)28-24-17-25(30)27(24)14-12-22(13-15-27)35-18-20-6-4-3-5-7-20/h3-11,22-23H,2,12-18H2,1H3. The maximum Gasteiger partial charge on any atom is 0.331 e. The van der Waals surface area contributed by atoms with Crippen LogP contribution in [0.5, 0.6) is 0 Å². The van der Waals surface area contributed by atoms with Crippen LogP contribution in [-0.2, 0) is 32.1 Å². The summed E-state index contributed by atoms with van der Waals surface area (Å²) < 4.78 is 11.3. The summed E-state index contributed by atoms with van der Waals surface area (Å²) in [6, 6.07) is 15.3. The minimum Gasteiger partial charge on any atom is -0.464 e. The summed E-state index contributed by atoms with van der Waals surface area (Å²) in [5, 5.41) is 10.9. The van der Waals surface area contributed by atoms with E-state index in [1.807, 2.05) is 30.3 Å². The number of ether oxygens (including phenoxy) is 2. The van der Waals surface area contributed by atoms with Crippen LogP contribution < -0.4 is 0 Å². The third kappa shape index (κ3) is 5.65. The Labute approximate surface area is 204 Å². The number of nitrogens with zero attached hydrogens (tertiary/aromatic N) is 2. The highest BCUT2D eigenvalue weighted by Crippen LogP contribution is 2.48. The van der Waals surface area contributed by atoms with Crippen molar-refractivity contribution in [2.75, 3.05) is 6.61 Å². The van der Waals surface area contributed by atoms with Gasteiger partial charge < -0.3 is 9.47 Å². The maximum absolute atomic E-state index is 12.7. The smallest absolute Gasteiger partial charge is 0.331 e. The van der Waals surface area contributed by atoms with E-state index in [1.165, 1.54) is 12.1 Å². The van der Waals surface area contributed by atoms with E-state index in [1.54, 1.807) is 19.1 Å². The van der Waals surface area contributed by atoms with Gasteiger partial charge in [0, 0.05) is 30.7 Å². The van der Waals surface area contributed by atoms with Crippen LogP contribution in [0.4, 0.5) is 5.69 Å². The van der Waals surface area contributed by atoms with E-state index in [4.69, 9.17) is 14.5 Å².